The van der Waals surface area contributed by atoms with Crippen molar-refractivity contribution in [3.63, 3.8) is 0 Å². The molecule has 0 spiro atoms. The number of nitrogens with zero attached hydrogens (tertiary/aromatic N) is 1. The number of sulfonamides is 1. The molecule has 0 amide bonds. The van der Waals surface area contributed by atoms with Crippen LogP contribution in [0.25, 0.3) is 0 Å². The van der Waals surface area contributed by atoms with E-state index in [-0.39, 0.29) is 28.1 Å². The van der Waals surface area contributed by atoms with Crippen LogP contribution in [0.2, 0.25) is 0 Å². The second kappa shape index (κ2) is 5.25. The van der Waals surface area contributed by atoms with Crippen molar-refractivity contribution in [1.82, 2.24) is 4.31 Å². The lowest BCUT2D eigenvalue weighted by molar-refractivity contribution is -0.0653. The molecule has 2 rings (SSSR count). The zero-order valence-corrected chi connectivity index (χ0v) is 13.3. The Morgan fingerprint density at radius 2 is 2.10 bits per heavy atom. The van der Waals surface area contributed by atoms with Crippen molar-refractivity contribution in [3.05, 3.63) is 22.4 Å². The summed E-state index contributed by atoms with van der Waals surface area (Å²) in [7, 11) is -3.78. The quantitative estimate of drug-likeness (QED) is 0.794. The molecule has 1 aliphatic heterocycles. The van der Waals surface area contributed by atoms with E-state index in [2.05, 4.69) is 15.9 Å². The van der Waals surface area contributed by atoms with E-state index in [9.17, 15) is 17.9 Å². The molecule has 3 N–H and O–H groups in total. The number of anilines is 1. The number of aliphatic hydroxyl groups is 1. The molecule has 5 nitrogen and oxygen atoms in total. The van der Waals surface area contributed by atoms with E-state index in [1.807, 2.05) is 6.92 Å². The maximum Gasteiger partial charge on any atom is 0.244 e. The minimum atomic E-state index is -3.78. The second-order valence-corrected chi connectivity index (χ2v) is 7.81. The van der Waals surface area contributed by atoms with Crippen LogP contribution in [0.15, 0.2) is 21.5 Å². The number of hydrogen-bond donors (Lipinski definition) is 2. The van der Waals surface area contributed by atoms with Crippen molar-refractivity contribution >= 4 is 31.6 Å². The molecule has 1 saturated heterocycles. The molecule has 0 aliphatic carbocycles. The lowest BCUT2D eigenvalue weighted by Gasteiger charge is -2.45. The summed E-state index contributed by atoms with van der Waals surface area (Å²) in [6, 6.07) is 2.12. The highest BCUT2D eigenvalue weighted by atomic mass is 79.9. The standard InChI is InChI=1S/C12H16BrFN2O3S/c1-2-3-12(17)6-16(7-12)20(18,19)11-5-10(15)9(14)4-8(11)13/h4-5,17H,2-3,6-7,15H2,1H3. The molecule has 8 heteroatoms. The monoisotopic (exact) mass is 366 g/mol. The van der Waals surface area contributed by atoms with Crippen LogP contribution in [-0.4, -0.2) is 36.5 Å². The molecule has 1 heterocycles. The van der Waals surface area contributed by atoms with Crippen LogP contribution < -0.4 is 5.73 Å². The molecule has 20 heavy (non-hydrogen) atoms. The third-order valence-corrected chi connectivity index (χ3v) is 6.08. The third kappa shape index (κ3) is 2.69. The topological polar surface area (TPSA) is 83.6 Å². The first-order chi connectivity index (χ1) is 9.19. The molecule has 1 fully saturated rings. The van der Waals surface area contributed by atoms with Crippen molar-refractivity contribution in [2.75, 3.05) is 18.8 Å². The normalized spacial score (nSPS) is 18.8. The van der Waals surface area contributed by atoms with Crippen LogP contribution in [-0.2, 0) is 10.0 Å². The lowest BCUT2D eigenvalue weighted by Crippen LogP contribution is -2.63. The Bertz CT molecular complexity index is 630. The Balaban J connectivity index is 2.28. The highest BCUT2D eigenvalue weighted by molar-refractivity contribution is 9.10. The first-order valence-electron chi connectivity index (χ1n) is 6.17. The summed E-state index contributed by atoms with van der Waals surface area (Å²) in [4.78, 5) is -0.0880. The van der Waals surface area contributed by atoms with E-state index >= 15 is 0 Å². The fourth-order valence-electron chi connectivity index (χ4n) is 2.29. The highest BCUT2D eigenvalue weighted by Gasteiger charge is 2.47. The van der Waals surface area contributed by atoms with Gasteiger partial charge in [-0.1, -0.05) is 13.3 Å². The number of halogens is 2. The smallest absolute Gasteiger partial charge is 0.244 e. The van der Waals surface area contributed by atoms with Gasteiger partial charge in [-0.3, -0.25) is 0 Å². The number of β-amino-alcohol motifs (C(OH)–C–C–N with tert-alkyl or cyclic N) is 1. The zero-order valence-electron chi connectivity index (χ0n) is 10.9. The van der Waals surface area contributed by atoms with E-state index in [1.54, 1.807) is 0 Å². The molecule has 0 bridgehead atoms. The summed E-state index contributed by atoms with van der Waals surface area (Å²) in [5.41, 5.74) is 4.23. The maximum atomic E-state index is 13.3. The summed E-state index contributed by atoms with van der Waals surface area (Å²) in [6.07, 6.45) is 1.32. The van der Waals surface area contributed by atoms with E-state index in [0.717, 1.165) is 18.6 Å². The maximum absolute atomic E-state index is 13.3. The second-order valence-electron chi connectivity index (χ2n) is 5.05. The van der Waals surface area contributed by atoms with Crippen molar-refractivity contribution in [2.24, 2.45) is 0 Å². The number of rotatable bonds is 4. The third-order valence-electron chi connectivity index (χ3n) is 3.33. The molecule has 0 atom stereocenters. The Kier molecular flexibility index (Phi) is 4.12. The molecule has 0 radical (unpaired) electrons. The van der Waals surface area contributed by atoms with E-state index < -0.39 is 21.4 Å². The van der Waals surface area contributed by atoms with Crippen molar-refractivity contribution < 1.29 is 17.9 Å². The van der Waals surface area contributed by atoms with Gasteiger partial charge in [-0.25, -0.2) is 12.8 Å². The average Bonchev–Trinajstić information content (AvgIpc) is 2.30. The average molecular weight is 367 g/mol. The Morgan fingerprint density at radius 1 is 1.50 bits per heavy atom. The number of hydrogen-bond acceptors (Lipinski definition) is 4. The molecular weight excluding hydrogens is 351 g/mol. The van der Waals surface area contributed by atoms with E-state index in [4.69, 9.17) is 5.73 Å². The highest BCUT2D eigenvalue weighted by Crippen LogP contribution is 2.35. The van der Waals surface area contributed by atoms with Gasteiger partial charge in [0.2, 0.25) is 10.0 Å². The first-order valence-corrected chi connectivity index (χ1v) is 8.40. The first kappa shape index (κ1) is 15.7. The van der Waals surface area contributed by atoms with Crippen molar-refractivity contribution in [3.8, 4) is 0 Å². The van der Waals surface area contributed by atoms with Crippen LogP contribution in [0.1, 0.15) is 19.8 Å². The van der Waals surface area contributed by atoms with Gasteiger partial charge in [-0.05, 0) is 34.5 Å². The van der Waals surface area contributed by atoms with Crippen LogP contribution in [0.3, 0.4) is 0 Å². The van der Waals surface area contributed by atoms with Gasteiger partial charge in [0.05, 0.1) is 16.2 Å². The Labute approximate surface area is 125 Å². The number of benzene rings is 1. The predicted molar refractivity (Wildman–Crippen MR) is 77.1 cm³/mol. The molecule has 0 aromatic heterocycles. The van der Waals surface area contributed by atoms with E-state index in [0.29, 0.717) is 6.42 Å². The molecule has 0 saturated carbocycles. The summed E-state index contributed by atoms with van der Waals surface area (Å²) in [6.45, 7) is 2.02. The number of nitrogens with two attached hydrogens (primary N) is 1. The zero-order chi connectivity index (χ0) is 15.1. The largest absolute Gasteiger partial charge is 0.396 e. The van der Waals surface area contributed by atoms with Gasteiger partial charge in [0, 0.05) is 17.6 Å². The Morgan fingerprint density at radius 3 is 2.65 bits per heavy atom. The minimum absolute atomic E-state index is 0.0485. The van der Waals surface area contributed by atoms with Crippen molar-refractivity contribution in [1.29, 1.82) is 0 Å². The predicted octanol–water partition coefficient (Wildman–Crippen LogP) is 1.71. The van der Waals surface area contributed by atoms with Crippen LogP contribution in [0.5, 0.6) is 0 Å². The number of nitrogen functional groups attached to an aromatic ring is 1. The molecule has 1 aromatic carbocycles. The summed E-state index contributed by atoms with van der Waals surface area (Å²) in [5.74, 6) is -0.679. The fraction of sp³-hybridized carbons (Fsp3) is 0.500. The summed E-state index contributed by atoms with van der Waals surface area (Å²) in [5, 5.41) is 10.1. The van der Waals surface area contributed by atoms with Gasteiger partial charge >= 0.3 is 0 Å². The van der Waals surface area contributed by atoms with Gasteiger partial charge in [0.25, 0.3) is 0 Å². The summed E-state index contributed by atoms with van der Waals surface area (Å²) < 4.78 is 39.3. The molecule has 1 aromatic rings. The fourth-order valence-corrected chi connectivity index (χ4v) is 4.89. The van der Waals surface area contributed by atoms with Gasteiger partial charge < -0.3 is 10.8 Å². The van der Waals surface area contributed by atoms with Crippen LogP contribution >= 0.6 is 15.9 Å². The van der Waals surface area contributed by atoms with E-state index in [1.165, 1.54) is 4.31 Å². The summed E-state index contributed by atoms with van der Waals surface area (Å²) >= 11 is 3.03. The van der Waals surface area contributed by atoms with Gasteiger partial charge in [-0.15, -0.1) is 0 Å². The molecule has 1 aliphatic rings. The van der Waals surface area contributed by atoms with Gasteiger partial charge in [0.1, 0.15) is 5.82 Å². The lowest BCUT2D eigenvalue weighted by atomic mass is 9.92. The minimum Gasteiger partial charge on any atom is -0.396 e. The molecule has 112 valence electrons. The van der Waals surface area contributed by atoms with Gasteiger partial charge in [-0.2, -0.15) is 4.31 Å². The molecular formula is C12H16BrFN2O3S. The van der Waals surface area contributed by atoms with Crippen LogP contribution in [0.4, 0.5) is 10.1 Å². The Hall–Kier alpha value is -0.700. The van der Waals surface area contributed by atoms with Crippen molar-refractivity contribution in [2.45, 2.75) is 30.3 Å². The SMILES string of the molecule is CCCC1(O)CN(S(=O)(=O)c2cc(N)c(F)cc2Br)C1. The van der Waals surface area contributed by atoms with Gasteiger partial charge in [0.15, 0.2) is 0 Å². The molecule has 0 unspecified atom stereocenters. The van der Waals surface area contributed by atoms with Crippen LogP contribution in [0, 0.1) is 5.82 Å².